The fourth-order valence-corrected chi connectivity index (χ4v) is 4.18. The molecule has 0 aromatic heterocycles. The number of halogens is 1. The lowest BCUT2D eigenvalue weighted by Gasteiger charge is -2.43. The van der Waals surface area contributed by atoms with Gasteiger partial charge < -0.3 is 15.9 Å². The van der Waals surface area contributed by atoms with Crippen LogP contribution in [0.15, 0.2) is 24.3 Å². The number of aliphatic hydroxyl groups is 1. The molecule has 24 heavy (non-hydrogen) atoms. The second kappa shape index (κ2) is 7.19. The number of nitrogens with two attached hydrogens (primary N) is 1. The molecule has 2 aliphatic heterocycles. The number of piperidine rings is 1. The fraction of sp³-hybridized carbons (Fsp3) is 0.529. The minimum atomic E-state index is -1.15. The molecule has 2 heterocycles. The summed E-state index contributed by atoms with van der Waals surface area (Å²) in [5, 5.41) is 20.1. The quantitative estimate of drug-likeness (QED) is 0.694. The number of carboxylic acid groups (broad SMARTS) is 1. The predicted molar refractivity (Wildman–Crippen MR) is 91.1 cm³/mol. The summed E-state index contributed by atoms with van der Waals surface area (Å²) in [6.07, 6.45) is 0.285. The number of rotatable bonds is 4. The zero-order chi connectivity index (χ0) is 16.7. The van der Waals surface area contributed by atoms with Crippen molar-refractivity contribution < 1.29 is 19.8 Å². The van der Waals surface area contributed by atoms with Gasteiger partial charge in [0.2, 0.25) is 0 Å². The van der Waals surface area contributed by atoms with Crippen molar-refractivity contribution in [1.29, 1.82) is 0 Å². The second-order valence-corrected chi connectivity index (χ2v) is 6.52. The number of nitrogens with zero attached hydrogens (tertiary/aromatic N) is 1. The van der Waals surface area contributed by atoms with Crippen LogP contribution < -0.4 is 5.73 Å². The summed E-state index contributed by atoms with van der Waals surface area (Å²) in [5.41, 5.74) is 6.98. The Labute approximate surface area is 147 Å². The maximum Gasteiger partial charge on any atom is 0.310 e. The standard InChI is InChI=1S/C17H22N2O4.ClH/c1-19-11-6-7-12(19)14(17(22)23)16(21)13(11)15(20)10-4-2-9(8-18)3-5-10;/h2-5,11-14,16,21H,6-8,18H2,1H3,(H,22,23);1H/t11-,12+,13?,14+,16-;/m0./s1. The lowest BCUT2D eigenvalue weighted by Crippen LogP contribution is -2.59. The van der Waals surface area contributed by atoms with E-state index in [9.17, 15) is 19.8 Å². The highest BCUT2D eigenvalue weighted by atomic mass is 35.5. The third kappa shape index (κ3) is 2.95. The van der Waals surface area contributed by atoms with Crippen LogP contribution in [0.25, 0.3) is 0 Å². The molecular formula is C17H23ClN2O4. The van der Waals surface area contributed by atoms with E-state index in [4.69, 9.17) is 5.73 Å². The highest BCUT2D eigenvalue weighted by Crippen LogP contribution is 2.43. The van der Waals surface area contributed by atoms with Gasteiger partial charge in [-0.15, -0.1) is 12.4 Å². The normalized spacial score (nSPS) is 32.2. The molecule has 2 aliphatic rings. The van der Waals surface area contributed by atoms with Crippen LogP contribution in [0.3, 0.4) is 0 Å². The summed E-state index contributed by atoms with van der Waals surface area (Å²) >= 11 is 0. The number of ketones is 1. The highest BCUT2D eigenvalue weighted by Gasteiger charge is 2.55. The molecule has 0 aliphatic carbocycles. The molecule has 0 saturated carbocycles. The van der Waals surface area contributed by atoms with Crippen molar-refractivity contribution in [3.8, 4) is 0 Å². The lowest BCUT2D eigenvalue weighted by atomic mass is 9.76. The molecule has 6 nitrogen and oxygen atoms in total. The van der Waals surface area contributed by atoms with Gasteiger partial charge >= 0.3 is 5.97 Å². The van der Waals surface area contributed by atoms with E-state index >= 15 is 0 Å². The summed E-state index contributed by atoms with van der Waals surface area (Å²) in [4.78, 5) is 26.4. The summed E-state index contributed by atoms with van der Waals surface area (Å²) < 4.78 is 0. The van der Waals surface area contributed by atoms with E-state index in [0.29, 0.717) is 18.5 Å². The predicted octanol–water partition coefficient (Wildman–Crippen LogP) is 0.904. The summed E-state index contributed by atoms with van der Waals surface area (Å²) in [7, 11) is 1.85. The number of carbonyl (C=O) groups excluding carboxylic acids is 1. The van der Waals surface area contributed by atoms with Gasteiger partial charge in [0, 0.05) is 24.2 Å². The number of aliphatic hydroxyl groups excluding tert-OH is 1. The van der Waals surface area contributed by atoms with Crippen LogP contribution in [-0.2, 0) is 11.3 Å². The van der Waals surface area contributed by atoms with Gasteiger partial charge in [0.05, 0.1) is 17.9 Å². The van der Waals surface area contributed by atoms with Gasteiger partial charge in [-0.1, -0.05) is 24.3 Å². The largest absolute Gasteiger partial charge is 0.481 e. The number of carboxylic acids is 1. The maximum absolute atomic E-state index is 12.9. The van der Waals surface area contributed by atoms with Crippen molar-refractivity contribution in [2.75, 3.05) is 7.05 Å². The van der Waals surface area contributed by atoms with Crippen molar-refractivity contribution in [3.05, 3.63) is 35.4 Å². The highest BCUT2D eigenvalue weighted by molar-refractivity contribution is 5.99. The average Bonchev–Trinajstić information content (AvgIpc) is 2.81. The minimum Gasteiger partial charge on any atom is -0.481 e. The van der Waals surface area contributed by atoms with E-state index < -0.39 is 23.9 Å². The molecule has 4 N–H and O–H groups in total. The first-order valence-corrected chi connectivity index (χ1v) is 7.91. The maximum atomic E-state index is 12.9. The number of Topliss-reactive ketones (excluding diaryl/α,β-unsaturated/α-hetero) is 1. The van der Waals surface area contributed by atoms with Gasteiger partial charge in [-0.05, 0) is 25.5 Å². The molecule has 1 unspecified atom stereocenters. The molecular weight excluding hydrogens is 332 g/mol. The molecule has 0 amide bonds. The van der Waals surface area contributed by atoms with Gasteiger partial charge in [0.15, 0.2) is 5.78 Å². The number of hydrogen-bond donors (Lipinski definition) is 3. The molecule has 0 radical (unpaired) electrons. The van der Waals surface area contributed by atoms with Crippen LogP contribution in [-0.4, -0.2) is 52.1 Å². The van der Waals surface area contributed by atoms with Crippen molar-refractivity contribution in [1.82, 2.24) is 4.90 Å². The Hall–Kier alpha value is -1.47. The van der Waals surface area contributed by atoms with Crippen LogP contribution in [0, 0.1) is 11.8 Å². The summed E-state index contributed by atoms with van der Waals surface area (Å²) in [5.74, 6) is -2.85. The molecule has 0 spiro atoms. The average molecular weight is 355 g/mol. The van der Waals surface area contributed by atoms with E-state index in [1.807, 2.05) is 11.9 Å². The molecule has 1 aromatic rings. The molecule has 2 bridgehead atoms. The SMILES string of the molecule is CN1[C@@H]2CC[C@H]1C(C(=O)c1ccc(CN)cc1)[C@H](O)[C@@H]2C(=O)O.Cl. The number of fused-ring (bicyclic) bond motifs is 2. The minimum absolute atomic E-state index is 0. The molecule has 7 heteroatoms. The van der Waals surface area contributed by atoms with Crippen LogP contribution in [0.1, 0.15) is 28.8 Å². The molecule has 132 valence electrons. The third-order valence-corrected chi connectivity index (χ3v) is 5.43. The van der Waals surface area contributed by atoms with Gasteiger partial charge in [-0.25, -0.2) is 0 Å². The number of hydrogen-bond acceptors (Lipinski definition) is 5. The monoisotopic (exact) mass is 354 g/mol. The van der Waals surface area contributed by atoms with Crippen LogP contribution >= 0.6 is 12.4 Å². The number of aliphatic carboxylic acids is 1. The number of benzene rings is 1. The lowest BCUT2D eigenvalue weighted by molar-refractivity contribution is -0.154. The van der Waals surface area contributed by atoms with Crippen LogP contribution in [0.4, 0.5) is 0 Å². The molecule has 3 rings (SSSR count). The Bertz CT molecular complexity index is 622. The zero-order valence-corrected chi connectivity index (χ0v) is 14.3. The van der Waals surface area contributed by atoms with Crippen LogP contribution in [0.2, 0.25) is 0 Å². The Morgan fingerprint density at radius 2 is 1.71 bits per heavy atom. The van der Waals surface area contributed by atoms with E-state index in [2.05, 4.69) is 0 Å². The van der Waals surface area contributed by atoms with Crippen molar-refractivity contribution in [2.24, 2.45) is 17.6 Å². The Kier molecular flexibility index (Phi) is 5.65. The first-order chi connectivity index (χ1) is 11.0. The third-order valence-electron chi connectivity index (χ3n) is 5.43. The topological polar surface area (TPSA) is 104 Å². The van der Waals surface area contributed by atoms with Crippen molar-refractivity contribution >= 4 is 24.2 Å². The van der Waals surface area contributed by atoms with Crippen molar-refractivity contribution in [2.45, 2.75) is 37.6 Å². The van der Waals surface area contributed by atoms with Crippen molar-refractivity contribution in [3.63, 3.8) is 0 Å². The molecule has 5 atom stereocenters. The van der Waals surface area contributed by atoms with E-state index in [1.165, 1.54) is 0 Å². The Morgan fingerprint density at radius 3 is 2.21 bits per heavy atom. The summed E-state index contributed by atoms with van der Waals surface area (Å²) in [6.45, 7) is 0.397. The Morgan fingerprint density at radius 1 is 1.17 bits per heavy atom. The first-order valence-electron chi connectivity index (χ1n) is 7.91. The van der Waals surface area contributed by atoms with Crippen LogP contribution in [0.5, 0.6) is 0 Å². The zero-order valence-electron chi connectivity index (χ0n) is 13.5. The fourth-order valence-electron chi connectivity index (χ4n) is 4.18. The summed E-state index contributed by atoms with van der Waals surface area (Å²) in [6, 6.07) is 6.68. The molecule has 2 saturated heterocycles. The molecule has 1 aromatic carbocycles. The van der Waals surface area contributed by atoms with E-state index in [1.54, 1.807) is 24.3 Å². The van der Waals surface area contributed by atoms with Gasteiger partial charge in [0.1, 0.15) is 0 Å². The van der Waals surface area contributed by atoms with Gasteiger partial charge in [-0.2, -0.15) is 0 Å². The van der Waals surface area contributed by atoms with E-state index in [0.717, 1.165) is 12.0 Å². The Balaban J connectivity index is 0.00000208. The molecule has 2 fully saturated rings. The smallest absolute Gasteiger partial charge is 0.310 e. The first kappa shape index (κ1) is 18.9. The van der Waals surface area contributed by atoms with Gasteiger partial charge in [0.25, 0.3) is 0 Å². The van der Waals surface area contributed by atoms with Gasteiger partial charge in [-0.3, -0.25) is 14.5 Å². The number of carbonyl (C=O) groups is 2. The van der Waals surface area contributed by atoms with E-state index in [-0.39, 0.29) is 30.3 Å². The second-order valence-electron chi connectivity index (χ2n) is 6.52.